The molecule has 0 aliphatic carbocycles. The molecule has 4 nitrogen and oxygen atoms in total. The van der Waals surface area contributed by atoms with Gasteiger partial charge in [-0.2, -0.15) is 0 Å². The van der Waals surface area contributed by atoms with Gasteiger partial charge in [0.1, 0.15) is 0 Å². The van der Waals surface area contributed by atoms with E-state index in [2.05, 4.69) is 36.3 Å². The molecule has 16 heavy (non-hydrogen) atoms. The Morgan fingerprint density at radius 1 is 1.25 bits per heavy atom. The third-order valence-electron chi connectivity index (χ3n) is 3.19. The van der Waals surface area contributed by atoms with E-state index >= 15 is 0 Å². The Morgan fingerprint density at radius 3 is 2.56 bits per heavy atom. The average molecular weight is 229 g/mol. The van der Waals surface area contributed by atoms with Gasteiger partial charge in [0.15, 0.2) is 0 Å². The summed E-state index contributed by atoms with van der Waals surface area (Å²) < 4.78 is 5.35. The molecular weight excluding hydrogens is 202 g/mol. The number of nitrogens with one attached hydrogen (secondary N) is 1. The van der Waals surface area contributed by atoms with Crippen molar-refractivity contribution < 1.29 is 4.74 Å². The van der Waals surface area contributed by atoms with Crippen molar-refractivity contribution in [3.63, 3.8) is 0 Å². The highest BCUT2D eigenvalue weighted by atomic mass is 16.5. The second-order valence-corrected chi connectivity index (χ2v) is 5.12. The van der Waals surface area contributed by atoms with Gasteiger partial charge < -0.3 is 19.9 Å². The zero-order valence-corrected chi connectivity index (χ0v) is 11.2. The fourth-order valence-electron chi connectivity index (χ4n) is 2.23. The number of hydrogen-bond donors (Lipinski definition) is 1. The molecule has 0 saturated carbocycles. The summed E-state index contributed by atoms with van der Waals surface area (Å²) in [5, 5.41) is 3.51. The van der Waals surface area contributed by atoms with Gasteiger partial charge in [-0.1, -0.05) is 0 Å². The van der Waals surface area contributed by atoms with Crippen LogP contribution in [0.25, 0.3) is 0 Å². The predicted molar refractivity (Wildman–Crippen MR) is 67.9 cm³/mol. The van der Waals surface area contributed by atoms with E-state index in [4.69, 9.17) is 4.74 Å². The first-order valence-electron chi connectivity index (χ1n) is 6.21. The van der Waals surface area contributed by atoms with Crippen LogP contribution in [0.15, 0.2) is 0 Å². The van der Waals surface area contributed by atoms with Gasteiger partial charge in [-0.25, -0.2) is 0 Å². The SMILES string of the molecule is COC1CNC(CN(C)CCCN(C)C)C1. The zero-order valence-electron chi connectivity index (χ0n) is 11.2. The summed E-state index contributed by atoms with van der Waals surface area (Å²) in [6.07, 6.45) is 2.80. The minimum Gasteiger partial charge on any atom is -0.380 e. The Kier molecular flexibility index (Phi) is 6.28. The van der Waals surface area contributed by atoms with Crippen molar-refractivity contribution in [1.82, 2.24) is 15.1 Å². The van der Waals surface area contributed by atoms with E-state index < -0.39 is 0 Å². The van der Waals surface area contributed by atoms with E-state index in [1.54, 1.807) is 7.11 Å². The summed E-state index contributed by atoms with van der Waals surface area (Å²) >= 11 is 0. The lowest BCUT2D eigenvalue weighted by molar-refractivity contribution is 0.116. The monoisotopic (exact) mass is 229 g/mol. The molecule has 1 aliphatic rings. The van der Waals surface area contributed by atoms with Crippen molar-refractivity contribution in [1.29, 1.82) is 0 Å². The Morgan fingerprint density at radius 2 is 2.00 bits per heavy atom. The molecule has 0 radical (unpaired) electrons. The normalized spacial score (nSPS) is 25.9. The van der Waals surface area contributed by atoms with Crippen LogP contribution < -0.4 is 5.32 Å². The molecule has 2 unspecified atom stereocenters. The fraction of sp³-hybridized carbons (Fsp3) is 1.00. The minimum atomic E-state index is 0.417. The van der Waals surface area contributed by atoms with Crippen LogP contribution in [-0.4, -0.2) is 76.4 Å². The zero-order chi connectivity index (χ0) is 12.0. The Labute approximate surface area is 99.9 Å². The van der Waals surface area contributed by atoms with Crippen LogP contribution >= 0.6 is 0 Å². The fourth-order valence-corrected chi connectivity index (χ4v) is 2.23. The van der Waals surface area contributed by atoms with Gasteiger partial charge in [0.25, 0.3) is 0 Å². The Bertz CT molecular complexity index is 187. The van der Waals surface area contributed by atoms with Crippen molar-refractivity contribution in [2.24, 2.45) is 0 Å². The van der Waals surface area contributed by atoms with Gasteiger partial charge >= 0.3 is 0 Å². The molecule has 0 aromatic rings. The van der Waals surface area contributed by atoms with Crippen molar-refractivity contribution in [2.45, 2.75) is 25.0 Å². The highest BCUT2D eigenvalue weighted by Gasteiger charge is 2.24. The summed E-state index contributed by atoms with van der Waals surface area (Å²) in [4.78, 5) is 4.65. The first kappa shape index (κ1) is 13.9. The average Bonchev–Trinajstić information content (AvgIpc) is 2.65. The van der Waals surface area contributed by atoms with Crippen molar-refractivity contribution >= 4 is 0 Å². The second kappa shape index (κ2) is 7.22. The quantitative estimate of drug-likeness (QED) is 0.677. The molecule has 0 aromatic heterocycles. The molecule has 96 valence electrons. The van der Waals surface area contributed by atoms with Crippen LogP contribution in [0.4, 0.5) is 0 Å². The van der Waals surface area contributed by atoms with E-state index in [1.807, 2.05) is 0 Å². The number of likely N-dealkylation sites (N-methyl/N-ethyl adjacent to an activating group) is 1. The molecule has 1 heterocycles. The van der Waals surface area contributed by atoms with E-state index in [-0.39, 0.29) is 0 Å². The first-order valence-corrected chi connectivity index (χ1v) is 6.21. The first-order chi connectivity index (χ1) is 7.61. The van der Waals surface area contributed by atoms with Gasteiger partial charge in [0.05, 0.1) is 6.10 Å². The van der Waals surface area contributed by atoms with Crippen molar-refractivity contribution in [3.8, 4) is 0 Å². The van der Waals surface area contributed by atoms with Gasteiger partial charge in [-0.15, -0.1) is 0 Å². The van der Waals surface area contributed by atoms with Gasteiger partial charge in [-0.05, 0) is 47.1 Å². The lowest BCUT2D eigenvalue weighted by Crippen LogP contribution is -2.36. The number of rotatable bonds is 7. The Hall–Kier alpha value is -0.160. The van der Waals surface area contributed by atoms with Crippen LogP contribution in [0.5, 0.6) is 0 Å². The number of methoxy groups -OCH3 is 1. The van der Waals surface area contributed by atoms with Crippen LogP contribution in [0, 0.1) is 0 Å². The van der Waals surface area contributed by atoms with Gasteiger partial charge in [0, 0.05) is 26.2 Å². The third-order valence-corrected chi connectivity index (χ3v) is 3.19. The number of ether oxygens (including phenoxy) is 1. The number of nitrogens with zero attached hydrogens (tertiary/aromatic N) is 2. The summed E-state index contributed by atoms with van der Waals surface area (Å²) in [5.74, 6) is 0. The largest absolute Gasteiger partial charge is 0.380 e. The molecule has 0 aromatic carbocycles. The second-order valence-electron chi connectivity index (χ2n) is 5.12. The maximum absolute atomic E-state index is 5.35. The maximum Gasteiger partial charge on any atom is 0.0711 e. The molecule has 0 amide bonds. The highest BCUT2D eigenvalue weighted by Crippen LogP contribution is 2.10. The molecule has 1 saturated heterocycles. The van der Waals surface area contributed by atoms with Crippen LogP contribution in [-0.2, 0) is 4.74 Å². The summed E-state index contributed by atoms with van der Waals surface area (Å²) in [6.45, 7) is 4.48. The molecule has 1 N–H and O–H groups in total. The summed E-state index contributed by atoms with van der Waals surface area (Å²) in [7, 11) is 8.26. The molecule has 1 rings (SSSR count). The number of hydrogen-bond acceptors (Lipinski definition) is 4. The highest BCUT2D eigenvalue weighted by molar-refractivity contribution is 4.83. The molecule has 4 heteroatoms. The van der Waals surface area contributed by atoms with Gasteiger partial charge in [-0.3, -0.25) is 0 Å². The van der Waals surface area contributed by atoms with Crippen LogP contribution in [0.1, 0.15) is 12.8 Å². The summed E-state index contributed by atoms with van der Waals surface area (Å²) in [5.41, 5.74) is 0. The molecule has 2 atom stereocenters. The summed E-state index contributed by atoms with van der Waals surface area (Å²) in [6, 6.07) is 0.606. The van der Waals surface area contributed by atoms with E-state index in [9.17, 15) is 0 Å². The maximum atomic E-state index is 5.35. The van der Waals surface area contributed by atoms with E-state index in [0.717, 1.165) is 19.5 Å². The lowest BCUT2D eigenvalue weighted by Gasteiger charge is -2.21. The molecular formula is C12H27N3O. The van der Waals surface area contributed by atoms with Crippen molar-refractivity contribution in [2.75, 3.05) is 54.4 Å². The van der Waals surface area contributed by atoms with Crippen LogP contribution in [0.2, 0.25) is 0 Å². The molecule has 1 aliphatic heterocycles. The van der Waals surface area contributed by atoms with E-state index in [0.29, 0.717) is 12.1 Å². The van der Waals surface area contributed by atoms with E-state index in [1.165, 1.54) is 19.5 Å². The van der Waals surface area contributed by atoms with Crippen LogP contribution in [0.3, 0.4) is 0 Å². The van der Waals surface area contributed by atoms with Crippen molar-refractivity contribution in [3.05, 3.63) is 0 Å². The third kappa shape index (κ3) is 5.25. The molecule has 0 bridgehead atoms. The standard InChI is InChI=1S/C12H27N3O/c1-14(2)6-5-7-15(3)10-11-8-12(16-4)9-13-11/h11-13H,5-10H2,1-4H3. The topological polar surface area (TPSA) is 27.7 Å². The minimum absolute atomic E-state index is 0.417. The predicted octanol–water partition coefficient (Wildman–Crippen LogP) is 0.247. The molecule has 0 spiro atoms. The van der Waals surface area contributed by atoms with Gasteiger partial charge in [0.2, 0.25) is 0 Å². The lowest BCUT2D eigenvalue weighted by atomic mass is 10.2. The smallest absolute Gasteiger partial charge is 0.0711 e. The molecule has 1 fully saturated rings. The Balaban J connectivity index is 2.08.